The highest BCUT2D eigenvalue weighted by Gasteiger charge is 2.26. The predicted octanol–water partition coefficient (Wildman–Crippen LogP) is 4.89. The van der Waals surface area contributed by atoms with Crippen LogP contribution in [-0.2, 0) is 11.2 Å². The zero-order valence-electron chi connectivity index (χ0n) is 16.3. The van der Waals surface area contributed by atoms with Crippen LogP contribution in [0.15, 0.2) is 48.5 Å². The Hall–Kier alpha value is -2.04. The second-order valence-corrected chi connectivity index (χ2v) is 8.10. The van der Waals surface area contributed by atoms with E-state index in [4.69, 9.17) is 23.2 Å². The molecule has 0 saturated carbocycles. The molecular weight excluding hydrogens is 395 g/mol. The molecule has 2 N–H and O–H groups in total. The third-order valence-corrected chi connectivity index (χ3v) is 5.06. The van der Waals surface area contributed by atoms with Gasteiger partial charge in [-0.15, -0.1) is 0 Å². The Balaban J connectivity index is 1.96. The van der Waals surface area contributed by atoms with Crippen LogP contribution in [0.4, 0.5) is 0 Å². The zero-order valence-corrected chi connectivity index (χ0v) is 17.8. The first-order valence-electron chi connectivity index (χ1n) is 9.38. The van der Waals surface area contributed by atoms with Crippen molar-refractivity contribution in [1.82, 2.24) is 10.6 Å². The van der Waals surface area contributed by atoms with E-state index in [1.165, 1.54) is 11.6 Å². The van der Waals surface area contributed by atoms with Gasteiger partial charge in [0.25, 0.3) is 5.91 Å². The minimum atomic E-state index is -0.654. The number of rotatable bonds is 8. The molecule has 2 amide bonds. The lowest BCUT2D eigenvalue weighted by molar-refractivity contribution is -0.124. The first-order valence-corrected chi connectivity index (χ1v) is 10.1. The van der Waals surface area contributed by atoms with Gasteiger partial charge in [-0.1, -0.05) is 67.4 Å². The molecule has 1 unspecified atom stereocenters. The van der Waals surface area contributed by atoms with E-state index in [1.54, 1.807) is 12.1 Å². The van der Waals surface area contributed by atoms with Gasteiger partial charge in [-0.2, -0.15) is 0 Å². The minimum absolute atomic E-state index is 0.00928. The summed E-state index contributed by atoms with van der Waals surface area (Å²) in [7, 11) is 0. The Morgan fingerprint density at radius 3 is 2.25 bits per heavy atom. The van der Waals surface area contributed by atoms with Crippen molar-refractivity contribution in [1.29, 1.82) is 0 Å². The van der Waals surface area contributed by atoms with Crippen LogP contribution >= 0.6 is 23.2 Å². The molecule has 0 bridgehead atoms. The van der Waals surface area contributed by atoms with Gasteiger partial charge in [-0.25, -0.2) is 0 Å². The fourth-order valence-electron chi connectivity index (χ4n) is 2.86. The van der Waals surface area contributed by atoms with Crippen LogP contribution < -0.4 is 10.6 Å². The zero-order chi connectivity index (χ0) is 20.7. The van der Waals surface area contributed by atoms with Crippen molar-refractivity contribution in [2.75, 3.05) is 0 Å². The van der Waals surface area contributed by atoms with Crippen molar-refractivity contribution < 1.29 is 9.59 Å². The van der Waals surface area contributed by atoms with Crippen LogP contribution in [0.2, 0.25) is 10.0 Å². The average Bonchev–Trinajstić information content (AvgIpc) is 2.64. The number of carbonyl (C=O) groups is 2. The number of nitrogens with one attached hydrogen (secondary N) is 2. The summed E-state index contributed by atoms with van der Waals surface area (Å²) >= 11 is 12.0. The minimum Gasteiger partial charge on any atom is -0.352 e. The van der Waals surface area contributed by atoms with Crippen LogP contribution in [0.3, 0.4) is 0 Å². The third kappa shape index (κ3) is 6.54. The molecule has 4 nitrogen and oxygen atoms in total. The standard InChI is InChI=1S/C22H26Cl2N2O2/c1-14(2)20(26-21(27)18-12-11-17(23)13-19(18)24)22(28)25-15(3)9-10-16-7-5-4-6-8-16/h4-8,11-15,20H,9-10H2,1-3H3,(H,25,28)(H,26,27)/t15?,20-/m0/s1. The molecule has 2 rings (SSSR count). The highest BCUT2D eigenvalue weighted by atomic mass is 35.5. The molecule has 0 aromatic heterocycles. The normalized spacial score (nSPS) is 13.1. The van der Waals surface area contributed by atoms with Gasteiger partial charge in [0.2, 0.25) is 5.91 Å². The quantitative estimate of drug-likeness (QED) is 0.638. The van der Waals surface area contributed by atoms with E-state index in [1.807, 2.05) is 39.0 Å². The summed E-state index contributed by atoms with van der Waals surface area (Å²) in [5.74, 6) is -0.669. The van der Waals surface area contributed by atoms with E-state index in [0.717, 1.165) is 12.8 Å². The van der Waals surface area contributed by atoms with Crippen LogP contribution in [-0.4, -0.2) is 23.9 Å². The van der Waals surface area contributed by atoms with Gasteiger partial charge < -0.3 is 10.6 Å². The van der Waals surface area contributed by atoms with E-state index in [-0.39, 0.29) is 22.9 Å². The topological polar surface area (TPSA) is 58.2 Å². The summed E-state index contributed by atoms with van der Waals surface area (Å²) in [6.07, 6.45) is 1.69. The SMILES string of the molecule is CC(CCc1ccccc1)NC(=O)[C@@H](NC(=O)c1ccc(Cl)cc1Cl)C(C)C. The summed E-state index contributed by atoms with van der Waals surface area (Å²) in [6.45, 7) is 5.75. The molecule has 2 aromatic carbocycles. The smallest absolute Gasteiger partial charge is 0.253 e. The predicted molar refractivity (Wildman–Crippen MR) is 115 cm³/mol. The van der Waals surface area contributed by atoms with Crippen molar-refractivity contribution in [3.63, 3.8) is 0 Å². The monoisotopic (exact) mass is 420 g/mol. The highest BCUT2D eigenvalue weighted by Crippen LogP contribution is 2.21. The second kappa shape index (κ2) is 10.5. The van der Waals surface area contributed by atoms with E-state index in [0.29, 0.717) is 10.6 Å². The molecule has 0 fully saturated rings. The fourth-order valence-corrected chi connectivity index (χ4v) is 3.35. The molecule has 0 radical (unpaired) electrons. The van der Waals surface area contributed by atoms with Crippen LogP contribution in [0.1, 0.15) is 43.1 Å². The molecule has 0 spiro atoms. The molecule has 0 saturated heterocycles. The lowest BCUT2D eigenvalue weighted by atomic mass is 10.0. The molecule has 2 aromatic rings. The van der Waals surface area contributed by atoms with Crippen molar-refractivity contribution in [2.45, 2.75) is 45.7 Å². The van der Waals surface area contributed by atoms with Crippen molar-refractivity contribution in [3.05, 3.63) is 69.7 Å². The number of amides is 2. The van der Waals surface area contributed by atoms with Gasteiger partial charge >= 0.3 is 0 Å². The molecule has 0 aliphatic heterocycles. The maximum atomic E-state index is 12.7. The summed E-state index contributed by atoms with van der Waals surface area (Å²) < 4.78 is 0. The van der Waals surface area contributed by atoms with Gasteiger partial charge in [0, 0.05) is 11.1 Å². The number of carbonyl (C=O) groups excluding carboxylic acids is 2. The molecular formula is C22H26Cl2N2O2. The first-order chi connectivity index (χ1) is 13.3. The lowest BCUT2D eigenvalue weighted by Gasteiger charge is -2.24. The average molecular weight is 421 g/mol. The molecule has 2 atom stereocenters. The Labute approximate surface area is 176 Å². The van der Waals surface area contributed by atoms with Gasteiger partial charge in [0.1, 0.15) is 6.04 Å². The maximum Gasteiger partial charge on any atom is 0.253 e. The molecule has 0 heterocycles. The Morgan fingerprint density at radius 2 is 1.64 bits per heavy atom. The van der Waals surface area contributed by atoms with Crippen LogP contribution in [0.25, 0.3) is 0 Å². The van der Waals surface area contributed by atoms with Gasteiger partial charge in [0.05, 0.1) is 10.6 Å². The molecule has 0 aliphatic rings. The summed E-state index contributed by atoms with van der Waals surface area (Å²) in [6, 6.07) is 14.1. The Morgan fingerprint density at radius 1 is 0.964 bits per heavy atom. The summed E-state index contributed by atoms with van der Waals surface area (Å²) in [4.78, 5) is 25.3. The third-order valence-electron chi connectivity index (χ3n) is 4.51. The largest absolute Gasteiger partial charge is 0.352 e. The molecule has 28 heavy (non-hydrogen) atoms. The van der Waals surface area contributed by atoms with Gasteiger partial charge in [-0.05, 0) is 49.4 Å². The van der Waals surface area contributed by atoms with E-state index in [9.17, 15) is 9.59 Å². The fraction of sp³-hybridized carbons (Fsp3) is 0.364. The number of aryl methyl sites for hydroxylation is 1. The lowest BCUT2D eigenvalue weighted by Crippen LogP contribution is -2.51. The summed E-state index contributed by atoms with van der Waals surface area (Å²) in [5, 5.41) is 6.50. The highest BCUT2D eigenvalue weighted by molar-refractivity contribution is 6.36. The van der Waals surface area contributed by atoms with Crippen LogP contribution in [0, 0.1) is 5.92 Å². The van der Waals surface area contributed by atoms with E-state index in [2.05, 4.69) is 22.8 Å². The number of benzene rings is 2. The van der Waals surface area contributed by atoms with Gasteiger partial charge in [-0.3, -0.25) is 9.59 Å². The summed E-state index contributed by atoms with van der Waals surface area (Å²) in [5.41, 5.74) is 1.52. The first kappa shape index (κ1) is 22.3. The molecule has 150 valence electrons. The Kier molecular flexibility index (Phi) is 8.34. The van der Waals surface area contributed by atoms with Crippen molar-refractivity contribution in [3.8, 4) is 0 Å². The molecule has 0 aliphatic carbocycles. The number of hydrogen-bond donors (Lipinski definition) is 2. The maximum absolute atomic E-state index is 12.7. The van der Waals surface area contributed by atoms with Crippen molar-refractivity contribution >= 4 is 35.0 Å². The Bertz CT molecular complexity index is 809. The van der Waals surface area contributed by atoms with Crippen LogP contribution in [0.5, 0.6) is 0 Å². The van der Waals surface area contributed by atoms with E-state index < -0.39 is 11.9 Å². The molecule has 6 heteroatoms. The number of hydrogen-bond acceptors (Lipinski definition) is 2. The van der Waals surface area contributed by atoms with Crippen molar-refractivity contribution in [2.24, 2.45) is 5.92 Å². The van der Waals surface area contributed by atoms with Gasteiger partial charge in [0.15, 0.2) is 0 Å². The number of halogens is 2. The second-order valence-electron chi connectivity index (χ2n) is 7.25. The van der Waals surface area contributed by atoms with E-state index >= 15 is 0 Å².